The molecule has 0 aliphatic rings. The van der Waals surface area contributed by atoms with E-state index in [2.05, 4.69) is 20.3 Å². The highest BCUT2D eigenvalue weighted by atomic mass is 15.1. The molecule has 1 aromatic carbocycles. The van der Waals surface area contributed by atoms with Gasteiger partial charge in [0, 0.05) is 11.9 Å². The monoisotopic (exact) mass is 210 g/mol. The van der Waals surface area contributed by atoms with Crippen LogP contribution in [0.2, 0.25) is 0 Å². The molecule has 0 radical (unpaired) electrons. The number of para-hydroxylation sites is 1. The van der Waals surface area contributed by atoms with E-state index >= 15 is 0 Å². The summed E-state index contributed by atoms with van der Waals surface area (Å²) in [5, 5.41) is 3.19. The van der Waals surface area contributed by atoms with Crippen molar-refractivity contribution in [3.05, 3.63) is 48.7 Å². The number of hydrogen-bond acceptors (Lipinski definition) is 3. The average molecular weight is 210 g/mol. The van der Waals surface area contributed by atoms with Gasteiger partial charge in [0.2, 0.25) is 5.95 Å². The number of aromatic nitrogens is 3. The molecule has 2 N–H and O–H groups in total. The molecule has 3 aromatic rings. The first-order valence-corrected chi connectivity index (χ1v) is 5.05. The van der Waals surface area contributed by atoms with Crippen LogP contribution < -0.4 is 5.32 Å². The van der Waals surface area contributed by atoms with Crippen molar-refractivity contribution in [2.24, 2.45) is 0 Å². The largest absolute Gasteiger partial charge is 0.326 e. The van der Waals surface area contributed by atoms with Crippen LogP contribution in [-0.2, 0) is 0 Å². The Kier molecular flexibility index (Phi) is 2.04. The van der Waals surface area contributed by atoms with Gasteiger partial charge in [0.05, 0.1) is 5.52 Å². The smallest absolute Gasteiger partial charge is 0.207 e. The summed E-state index contributed by atoms with van der Waals surface area (Å²) < 4.78 is 0. The Hall–Kier alpha value is -2.36. The molecular formula is C12H10N4. The Labute approximate surface area is 92.4 Å². The first-order valence-electron chi connectivity index (χ1n) is 5.05. The Morgan fingerprint density at radius 2 is 1.88 bits per heavy atom. The van der Waals surface area contributed by atoms with Gasteiger partial charge in [-0.1, -0.05) is 18.2 Å². The molecule has 16 heavy (non-hydrogen) atoms. The standard InChI is InChI=1S/C12H10N4/c1-2-5-9(6-3-1)14-12-15-10-7-4-8-13-11(10)16-12/h1-8H,(H2,13,14,15,16). The zero-order chi connectivity index (χ0) is 10.8. The summed E-state index contributed by atoms with van der Waals surface area (Å²) in [6.45, 7) is 0. The zero-order valence-corrected chi connectivity index (χ0v) is 8.51. The predicted octanol–water partition coefficient (Wildman–Crippen LogP) is 2.70. The number of pyridine rings is 1. The summed E-state index contributed by atoms with van der Waals surface area (Å²) >= 11 is 0. The van der Waals surface area contributed by atoms with Gasteiger partial charge >= 0.3 is 0 Å². The summed E-state index contributed by atoms with van der Waals surface area (Å²) in [6.07, 6.45) is 1.73. The molecule has 0 fully saturated rings. The highest BCUT2D eigenvalue weighted by Crippen LogP contribution is 2.15. The fraction of sp³-hybridized carbons (Fsp3) is 0. The molecule has 4 nitrogen and oxygen atoms in total. The molecule has 78 valence electrons. The topological polar surface area (TPSA) is 53.6 Å². The van der Waals surface area contributed by atoms with E-state index < -0.39 is 0 Å². The van der Waals surface area contributed by atoms with Gasteiger partial charge in [-0.25, -0.2) is 4.98 Å². The first-order chi connectivity index (χ1) is 7.92. The minimum Gasteiger partial charge on any atom is -0.326 e. The van der Waals surface area contributed by atoms with Gasteiger partial charge in [-0.3, -0.25) is 0 Å². The third-order valence-electron chi connectivity index (χ3n) is 2.29. The van der Waals surface area contributed by atoms with Gasteiger partial charge in [0.1, 0.15) is 0 Å². The minimum absolute atomic E-state index is 0.708. The van der Waals surface area contributed by atoms with Gasteiger partial charge in [0.15, 0.2) is 5.65 Å². The number of fused-ring (bicyclic) bond motifs is 1. The second kappa shape index (κ2) is 3.66. The fourth-order valence-electron chi connectivity index (χ4n) is 1.56. The van der Waals surface area contributed by atoms with Gasteiger partial charge in [-0.2, -0.15) is 4.98 Å². The van der Waals surface area contributed by atoms with Crippen molar-refractivity contribution in [1.82, 2.24) is 15.0 Å². The van der Waals surface area contributed by atoms with E-state index in [9.17, 15) is 0 Å². The van der Waals surface area contributed by atoms with Crippen molar-refractivity contribution in [1.29, 1.82) is 0 Å². The molecule has 2 aromatic heterocycles. The van der Waals surface area contributed by atoms with Crippen molar-refractivity contribution in [2.75, 3.05) is 5.32 Å². The Morgan fingerprint density at radius 1 is 1.00 bits per heavy atom. The summed E-state index contributed by atoms with van der Waals surface area (Å²) in [4.78, 5) is 11.7. The Balaban J connectivity index is 1.95. The first kappa shape index (κ1) is 8.91. The molecule has 0 aliphatic heterocycles. The summed E-state index contributed by atoms with van der Waals surface area (Å²) in [6, 6.07) is 13.7. The van der Waals surface area contributed by atoms with Crippen LogP contribution in [0.1, 0.15) is 0 Å². The molecule has 0 atom stereocenters. The molecule has 4 heteroatoms. The summed E-state index contributed by atoms with van der Waals surface area (Å²) in [7, 11) is 0. The number of anilines is 2. The molecule has 0 saturated heterocycles. The predicted molar refractivity (Wildman–Crippen MR) is 63.6 cm³/mol. The van der Waals surface area contributed by atoms with Crippen LogP contribution in [0.3, 0.4) is 0 Å². The van der Waals surface area contributed by atoms with Crippen molar-refractivity contribution in [3.8, 4) is 0 Å². The van der Waals surface area contributed by atoms with E-state index in [0.29, 0.717) is 5.95 Å². The number of nitrogens with one attached hydrogen (secondary N) is 2. The highest BCUT2D eigenvalue weighted by molar-refractivity contribution is 5.74. The maximum absolute atomic E-state index is 4.33. The molecule has 0 saturated carbocycles. The van der Waals surface area contributed by atoms with Crippen LogP contribution >= 0.6 is 0 Å². The molecule has 0 bridgehead atoms. The number of hydrogen-bond donors (Lipinski definition) is 2. The van der Waals surface area contributed by atoms with Crippen LogP contribution in [0.5, 0.6) is 0 Å². The van der Waals surface area contributed by atoms with E-state index in [-0.39, 0.29) is 0 Å². The van der Waals surface area contributed by atoms with E-state index in [1.54, 1.807) is 6.20 Å². The SMILES string of the molecule is c1ccc(Nc2nc3ncccc3[nH]2)cc1. The molecule has 0 spiro atoms. The lowest BCUT2D eigenvalue weighted by atomic mass is 10.3. The van der Waals surface area contributed by atoms with Crippen molar-refractivity contribution in [2.45, 2.75) is 0 Å². The summed E-state index contributed by atoms with van der Waals surface area (Å²) in [5.74, 6) is 0.708. The van der Waals surface area contributed by atoms with E-state index in [1.165, 1.54) is 0 Å². The Bertz CT molecular complexity index is 567. The second-order valence-electron chi connectivity index (χ2n) is 3.45. The van der Waals surface area contributed by atoms with Crippen LogP contribution in [0.4, 0.5) is 11.6 Å². The van der Waals surface area contributed by atoms with Crippen LogP contribution in [-0.4, -0.2) is 15.0 Å². The highest BCUT2D eigenvalue weighted by Gasteiger charge is 2.02. The number of aromatic amines is 1. The zero-order valence-electron chi connectivity index (χ0n) is 8.51. The molecule has 0 amide bonds. The van der Waals surface area contributed by atoms with Crippen LogP contribution in [0, 0.1) is 0 Å². The number of benzene rings is 1. The van der Waals surface area contributed by atoms with Crippen molar-refractivity contribution in [3.63, 3.8) is 0 Å². The Morgan fingerprint density at radius 3 is 2.69 bits per heavy atom. The van der Waals surface area contributed by atoms with E-state index in [0.717, 1.165) is 16.9 Å². The van der Waals surface area contributed by atoms with Crippen molar-refractivity contribution >= 4 is 22.8 Å². The number of nitrogens with zero attached hydrogens (tertiary/aromatic N) is 2. The number of rotatable bonds is 2. The molecule has 2 heterocycles. The lowest BCUT2D eigenvalue weighted by Gasteiger charge is -2.00. The third kappa shape index (κ3) is 1.61. The molecule has 0 unspecified atom stereocenters. The summed E-state index contributed by atoms with van der Waals surface area (Å²) in [5.41, 5.74) is 2.66. The number of H-pyrrole nitrogens is 1. The molecule has 3 rings (SSSR count). The average Bonchev–Trinajstić information content (AvgIpc) is 2.72. The second-order valence-corrected chi connectivity index (χ2v) is 3.45. The lowest BCUT2D eigenvalue weighted by molar-refractivity contribution is 1.28. The van der Waals surface area contributed by atoms with E-state index in [4.69, 9.17) is 0 Å². The van der Waals surface area contributed by atoms with Crippen LogP contribution in [0.15, 0.2) is 48.7 Å². The van der Waals surface area contributed by atoms with Gasteiger partial charge in [-0.15, -0.1) is 0 Å². The van der Waals surface area contributed by atoms with Gasteiger partial charge in [0.25, 0.3) is 0 Å². The third-order valence-corrected chi connectivity index (χ3v) is 2.29. The fourth-order valence-corrected chi connectivity index (χ4v) is 1.56. The quantitative estimate of drug-likeness (QED) is 0.683. The maximum atomic E-state index is 4.33. The molecular weight excluding hydrogens is 200 g/mol. The van der Waals surface area contributed by atoms with Crippen LogP contribution in [0.25, 0.3) is 11.2 Å². The molecule has 0 aliphatic carbocycles. The minimum atomic E-state index is 0.708. The van der Waals surface area contributed by atoms with Gasteiger partial charge < -0.3 is 10.3 Å². The maximum Gasteiger partial charge on any atom is 0.207 e. The number of imidazole rings is 1. The van der Waals surface area contributed by atoms with Crippen molar-refractivity contribution < 1.29 is 0 Å². The van der Waals surface area contributed by atoms with Gasteiger partial charge in [-0.05, 0) is 24.3 Å². The lowest BCUT2D eigenvalue weighted by Crippen LogP contribution is -1.91. The van der Waals surface area contributed by atoms with E-state index in [1.807, 2.05) is 42.5 Å². The normalized spacial score (nSPS) is 10.5.